The number of hydrogen-bond donors (Lipinski definition) is 1. The van der Waals surface area contributed by atoms with Crippen LogP contribution in [0.15, 0.2) is 0 Å². The molecule has 0 heterocycles. The Labute approximate surface area is 121 Å². The molecule has 0 unspecified atom stereocenters. The van der Waals surface area contributed by atoms with Gasteiger partial charge in [0.1, 0.15) is 0 Å². The topological polar surface area (TPSA) is 46.3 Å². The fraction of sp³-hybridized carbons (Fsp3) is 0.867. The Morgan fingerprint density at radius 1 is 1.05 bits per heavy atom. The van der Waals surface area contributed by atoms with E-state index in [-0.39, 0.29) is 5.92 Å². The highest BCUT2D eigenvalue weighted by Crippen LogP contribution is 2.30. The van der Waals surface area contributed by atoms with Gasteiger partial charge >= 0.3 is 0 Å². The third-order valence-corrected chi connectivity index (χ3v) is 4.81. The quantitative estimate of drug-likeness (QED) is 0.788. The van der Waals surface area contributed by atoms with Crippen LogP contribution in [0.1, 0.15) is 64.2 Å². The maximum atomic E-state index is 12.7. The number of carbonyl (C=O) groups excluding carboxylic acids is 1. The standard InChI is InChI=1S/C15H26N2OS/c16-14(19)10-11-17(13-8-4-5-9-13)15(18)12-6-2-1-3-7-12/h12-13H,1-11H2,(H2,16,19). The lowest BCUT2D eigenvalue weighted by Crippen LogP contribution is -2.44. The van der Waals surface area contributed by atoms with Gasteiger partial charge in [-0.3, -0.25) is 4.79 Å². The largest absolute Gasteiger partial charge is 0.393 e. The van der Waals surface area contributed by atoms with Crippen LogP contribution < -0.4 is 5.73 Å². The molecule has 0 spiro atoms. The number of nitrogens with two attached hydrogens (primary N) is 1. The highest BCUT2D eigenvalue weighted by Gasteiger charge is 2.31. The summed E-state index contributed by atoms with van der Waals surface area (Å²) >= 11 is 4.97. The molecule has 2 saturated carbocycles. The molecule has 108 valence electrons. The average molecular weight is 282 g/mol. The van der Waals surface area contributed by atoms with Crippen molar-refractivity contribution in [1.29, 1.82) is 0 Å². The smallest absolute Gasteiger partial charge is 0.225 e. The molecule has 0 radical (unpaired) electrons. The number of hydrogen-bond acceptors (Lipinski definition) is 2. The summed E-state index contributed by atoms with van der Waals surface area (Å²) in [6.07, 6.45) is 11.4. The Balaban J connectivity index is 1.97. The zero-order valence-electron chi connectivity index (χ0n) is 11.8. The predicted octanol–water partition coefficient (Wildman–Crippen LogP) is 3.01. The first-order valence-corrected chi connectivity index (χ1v) is 8.18. The first kappa shape index (κ1) is 14.8. The van der Waals surface area contributed by atoms with E-state index >= 15 is 0 Å². The number of rotatable bonds is 5. The van der Waals surface area contributed by atoms with Crippen LogP contribution in [0.25, 0.3) is 0 Å². The Morgan fingerprint density at radius 3 is 2.21 bits per heavy atom. The Morgan fingerprint density at radius 2 is 1.63 bits per heavy atom. The SMILES string of the molecule is NC(=S)CCN(C(=O)C1CCCCC1)C1CCCC1. The van der Waals surface area contributed by atoms with E-state index in [1.807, 2.05) is 0 Å². The molecule has 0 saturated heterocycles. The highest BCUT2D eigenvalue weighted by molar-refractivity contribution is 7.80. The van der Waals surface area contributed by atoms with Gasteiger partial charge in [0.2, 0.25) is 5.91 Å². The number of nitrogens with zero attached hydrogens (tertiary/aromatic N) is 1. The molecule has 0 aromatic rings. The average Bonchev–Trinajstić information content (AvgIpc) is 2.93. The van der Waals surface area contributed by atoms with Gasteiger partial charge in [0, 0.05) is 24.9 Å². The summed E-state index contributed by atoms with van der Waals surface area (Å²) in [6, 6.07) is 0.448. The molecule has 2 N–H and O–H groups in total. The van der Waals surface area contributed by atoms with E-state index in [9.17, 15) is 4.79 Å². The van der Waals surface area contributed by atoms with Crippen molar-refractivity contribution in [3.8, 4) is 0 Å². The summed E-state index contributed by atoms with van der Waals surface area (Å²) in [5, 5.41) is 0. The summed E-state index contributed by atoms with van der Waals surface area (Å²) < 4.78 is 0. The van der Waals surface area contributed by atoms with Crippen molar-refractivity contribution in [2.75, 3.05) is 6.54 Å². The fourth-order valence-electron chi connectivity index (χ4n) is 3.50. The van der Waals surface area contributed by atoms with Crippen molar-refractivity contribution in [1.82, 2.24) is 4.90 Å². The van der Waals surface area contributed by atoms with E-state index in [4.69, 9.17) is 18.0 Å². The molecule has 0 aromatic heterocycles. The zero-order valence-corrected chi connectivity index (χ0v) is 12.6. The Bertz CT molecular complexity index is 320. The van der Waals surface area contributed by atoms with Crippen LogP contribution >= 0.6 is 12.2 Å². The van der Waals surface area contributed by atoms with Gasteiger partial charge in [-0.05, 0) is 25.7 Å². The normalized spacial score (nSPS) is 21.5. The van der Waals surface area contributed by atoms with Crippen molar-refractivity contribution in [3.63, 3.8) is 0 Å². The summed E-state index contributed by atoms with van der Waals surface area (Å²) in [4.78, 5) is 15.4. The zero-order chi connectivity index (χ0) is 13.7. The molecular weight excluding hydrogens is 256 g/mol. The van der Waals surface area contributed by atoms with Gasteiger partial charge in [0.15, 0.2) is 0 Å². The molecule has 19 heavy (non-hydrogen) atoms. The third-order valence-electron chi connectivity index (χ3n) is 4.60. The lowest BCUT2D eigenvalue weighted by molar-refractivity contribution is -0.138. The van der Waals surface area contributed by atoms with Crippen LogP contribution in [-0.2, 0) is 4.79 Å². The van der Waals surface area contributed by atoms with Gasteiger partial charge in [-0.1, -0.05) is 44.3 Å². The van der Waals surface area contributed by atoms with Gasteiger partial charge < -0.3 is 10.6 Å². The second kappa shape index (κ2) is 7.22. The molecule has 4 heteroatoms. The molecule has 1 amide bonds. The molecule has 2 aliphatic carbocycles. The number of amides is 1. The van der Waals surface area contributed by atoms with Crippen LogP contribution in [0.3, 0.4) is 0 Å². The predicted molar refractivity (Wildman–Crippen MR) is 81.9 cm³/mol. The van der Waals surface area contributed by atoms with Gasteiger partial charge in [0.05, 0.1) is 4.99 Å². The molecule has 0 aliphatic heterocycles. The van der Waals surface area contributed by atoms with Crippen LogP contribution in [0.4, 0.5) is 0 Å². The van der Waals surface area contributed by atoms with Crippen LogP contribution in [0, 0.1) is 5.92 Å². The minimum atomic E-state index is 0.265. The van der Waals surface area contributed by atoms with Gasteiger partial charge in [0.25, 0.3) is 0 Å². The van der Waals surface area contributed by atoms with E-state index in [0.717, 1.165) is 32.2 Å². The first-order chi connectivity index (χ1) is 9.18. The molecule has 0 bridgehead atoms. The Kier molecular flexibility index (Phi) is 5.61. The Hall–Kier alpha value is -0.640. The van der Waals surface area contributed by atoms with Crippen molar-refractivity contribution in [2.45, 2.75) is 70.3 Å². The highest BCUT2D eigenvalue weighted by atomic mass is 32.1. The summed E-state index contributed by atoms with van der Waals surface area (Å²) in [7, 11) is 0. The maximum absolute atomic E-state index is 12.7. The van der Waals surface area contributed by atoms with E-state index < -0.39 is 0 Å². The molecule has 3 nitrogen and oxygen atoms in total. The maximum Gasteiger partial charge on any atom is 0.225 e. The summed E-state index contributed by atoms with van der Waals surface area (Å²) in [5.74, 6) is 0.642. The van der Waals surface area contributed by atoms with Gasteiger partial charge in [-0.2, -0.15) is 0 Å². The molecular formula is C15H26N2OS. The van der Waals surface area contributed by atoms with Crippen molar-refractivity contribution in [3.05, 3.63) is 0 Å². The molecule has 0 aromatic carbocycles. The summed E-state index contributed by atoms with van der Waals surface area (Å²) in [6.45, 7) is 0.731. The van der Waals surface area contributed by atoms with E-state index in [2.05, 4.69) is 4.90 Å². The van der Waals surface area contributed by atoms with E-state index in [0.29, 0.717) is 23.4 Å². The molecule has 2 fully saturated rings. The van der Waals surface area contributed by atoms with E-state index in [1.165, 1.54) is 32.1 Å². The third kappa shape index (κ3) is 4.16. The lowest BCUT2D eigenvalue weighted by atomic mass is 9.88. The number of thiocarbonyl (C=S) groups is 1. The first-order valence-electron chi connectivity index (χ1n) is 7.77. The number of carbonyl (C=O) groups is 1. The van der Waals surface area contributed by atoms with Gasteiger partial charge in [-0.25, -0.2) is 0 Å². The van der Waals surface area contributed by atoms with Crippen molar-refractivity contribution in [2.24, 2.45) is 11.7 Å². The second-order valence-electron chi connectivity index (χ2n) is 6.02. The lowest BCUT2D eigenvalue weighted by Gasteiger charge is -2.33. The second-order valence-corrected chi connectivity index (χ2v) is 6.55. The summed E-state index contributed by atoms with van der Waals surface area (Å²) in [5.41, 5.74) is 5.61. The monoisotopic (exact) mass is 282 g/mol. The van der Waals surface area contributed by atoms with E-state index in [1.54, 1.807) is 0 Å². The van der Waals surface area contributed by atoms with Crippen molar-refractivity contribution >= 4 is 23.1 Å². The minimum Gasteiger partial charge on any atom is -0.393 e. The fourth-order valence-corrected chi connectivity index (χ4v) is 3.59. The minimum absolute atomic E-state index is 0.265. The van der Waals surface area contributed by atoms with Crippen molar-refractivity contribution < 1.29 is 4.79 Å². The molecule has 2 rings (SSSR count). The van der Waals surface area contributed by atoms with Crippen LogP contribution in [-0.4, -0.2) is 28.4 Å². The molecule has 0 atom stereocenters. The van der Waals surface area contributed by atoms with Gasteiger partial charge in [-0.15, -0.1) is 0 Å². The molecule has 2 aliphatic rings. The van der Waals surface area contributed by atoms with Crippen LogP contribution in [0.2, 0.25) is 0 Å². The van der Waals surface area contributed by atoms with Crippen LogP contribution in [0.5, 0.6) is 0 Å².